The quantitative estimate of drug-likeness (QED) is 0.936. The fourth-order valence-electron chi connectivity index (χ4n) is 2.19. The van der Waals surface area contributed by atoms with Gasteiger partial charge in [-0.2, -0.15) is 5.10 Å². The van der Waals surface area contributed by atoms with Crippen molar-refractivity contribution < 1.29 is 8.42 Å². The molecule has 0 saturated heterocycles. The molecule has 0 amide bonds. The number of anilines is 1. The molecule has 1 N–H and O–H groups in total. The number of aromatic nitrogens is 3. The van der Waals surface area contributed by atoms with Crippen LogP contribution in [-0.4, -0.2) is 23.2 Å². The van der Waals surface area contributed by atoms with Crippen molar-refractivity contribution in [3.63, 3.8) is 0 Å². The molecule has 0 spiro atoms. The summed E-state index contributed by atoms with van der Waals surface area (Å²) in [6, 6.07) is 1.74. The van der Waals surface area contributed by atoms with Gasteiger partial charge < -0.3 is 0 Å². The SMILES string of the molecule is CCn1nc(C)c(S(=O)(=O)Nc2cncc(C)c2)c1C. The van der Waals surface area contributed by atoms with Crippen LogP contribution in [0.25, 0.3) is 0 Å². The van der Waals surface area contributed by atoms with Gasteiger partial charge in [0.1, 0.15) is 4.90 Å². The van der Waals surface area contributed by atoms with Crippen LogP contribution in [-0.2, 0) is 16.6 Å². The number of nitrogens with zero attached hydrogens (tertiary/aromatic N) is 3. The van der Waals surface area contributed by atoms with Crippen molar-refractivity contribution in [2.24, 2.45) is 0 Å². The standard InChI is InChI=1S/C13H18N4O2S/c1-5-17-11(4)13(10(3)15-17)20(18,19)16-12-6-9(2)7-14-8-12/h6-8,16H,5H2,1-4H3. The van der Waals surface area contributed by atoms with Gasteiger partial charge in [-0.05, 0) is 39.3 Å². The lowest BCUT2D eigenvalue weighted by Gasteiger charge is -2.08. The average molecular weight is 294 g/mol. The van der Waals surface area contributed by atoms with Crippen LogP contribution in [0.2, 0.25) is 0 Å². The summed E-state index contributed by atoms with van der Waals surface area (Å²) in [4.78, 5) is 4.22. The third kappa shape index (κ3) is 2.67. The summed E-state index contributed by atoms with van der Waals surface area (Å²) in [7, 11) is -3.65. The molecule has 0 aliphatic rings. The first-order valence-corrected chi connectivity index (χ1v) is 7.82. The third-order valence-corrected chi connectivity index (χ3v) is 4.64. The Morgan fingerprint density at radius 1 is 1.25 bits per heavy atom. The van der Waals surface area contributed by atoms with Crippen molar-refractivity contribution >= 4 is 15.7 Å². The first-order chi connectivity index (χ1) is 9.35. The zero-order valence-corrected chi connectivity index (χ0v) is 12.8. The van der Waals surface area contributed by atoms with Gasteiger partial charge in [-0.25, -0.2) is 8.42 Å². The van der Waals surface area contributed by atoms with Gasteiger partial charge >= 0.3 is 0 Å². The van der Waals surface area contributed by atoms with E-state index in [-0.39, 0.29) is 4.90 Å². The Labute approximate surface area is 118 Å². The van der Waals surface area contributed by atoms with E-state index in [1.165, 1.54) is 6.20 Å². The van der Waals surface area contributed by atoms with Crippen LogP contribution in [0.1, 0.15) is 23.9 Å². The van der Waals surface area contributed by atoms with Gasteiger partial charge in [0.15, 0.2) is 0 Å². The number of rotatable bonds is 4. The lowest BCUT2D eigenvalue weighted by molar-refractivity contribution is 0.598. The molecule has 0 bridgehead atoms. The minimum absolute atomic E-state index is 0.237. The van der Waals surface area contributed by atoms with Gasteiger partial charge in [0, 0.05) is 12.7 Å². The van der Waals surface area contributed by atoms with E-state index in [0.29, 0.717) is 23.6 Å². The molecule has 0 aliphatic heterocycles. The van der Waals surface area contributed by atoms with E-state index in [2.05, 4.69) is 14.8 Å². The molecule has 20 heavy (non-hydrogen) atoms. The smallest absolute Gasteiger partial charge is 0.265 e. The summed E-state index contributed by atoms with van der Waals surface area (Å²) in [5.41, 5.74) is 2.48. The summed E-state index contributed by atoms with van der Waals surface area (Å²) < 4.78 is 29.2. The Morgan fingerprint density at radius 3 is 2.50 bits per heavy atom. The fourth-order valence-corrected chi connectivity index (χ4v) is 3.64. The lowest BCUT2D eigenvalue weighted by Crippen LogP contribution is -2.15. The maximum atomic E-state index is 12.5. The monoisotopic (exact) mass is 294 g/mol. The number of hydrogen-bond acceptors (Lipinski definition) is 4. The van der Waals surface area contributed by atoms with Crippen molar-refractivity contribution in [3.05, 3.63) is 35.4 Å². The zero-order valence-electron chi connectivity index (χ0n) is 12.0. The van der Waals surface area contributed by atoms with Crippen LogP contribution >= 0.6 is 0 Å². The van der Waals surface area contributed by atoms with Crippen LogP contribution < -0.4 is 4.72 Å². The first-order valence-electron chi connectivity index (χ1n) is 6.33. The van der Waals surface area contributed by atoms with E-state index in [4.69, 9.17) is 0 Å². The second kappa shape index (κ2) is 5.24. The molecule has 6 nitrogen and oxygen atoms in total. The zero-order chi connectivity index (χ0) is 14.9. The maximum Gasteiger partial charge on any atom is 0.265 e. The molecule has 0 atom stereocenters. The van der Waals surface area contributed by atoms with Gasteiger partial charge in [0.25, 0.3) is 10.0 Å². The second-order valence-electron chi connectivity index (χ2n) is 4.67. The number of hydrogen-bond donors (Lipinski definition) is 1. The molecule has 2 aromatic heterocycles. The molecule has 2 aromatic rings. The lowest BCUT2D eigenvalue weighted by atomic mass is 10.3. The molecule has 2 rings (SSSR count). The molecule has 2 heterocycles. The molecule has 7 heteroatoms. The fraction of sp³-hybridized carbons (Fsp3) is 0.385. The summed E-state index contributed by atoms with van der Waals surface area (Å²) >= 11 is 0. The van der Waals surface area contributed by atoms with Crippen LogP contribution in [0, 0.1) is 20.8 Å². The minimum atomic E-state index is -3.65. The summed E-state index contributed by atoms with van der Waals surface area (Å²) in [5, 5.41) is 4.24. The Kier molecular flexibility index (Phi) is 3.80. The number of nitrogens with one attached hydrogen (secondary N) is 1. The number of pyridine rings is 1. The van der Waals surface area contributed by atoms with E-state index in [0.717, 1.165) is 5.56 Å². The van der Waals surface area contributed by atoms with Crippen LogP contribution in [0.15, 0.2) is 23.4 Å². The topological polar surface area (TPSA) is 76.9 Å². The predicted octanol–water partition coefficient (Wildman–Crippen LogP) is 2.02. The third-order valence-electron chi connectivity index (χ3n) is 3.01. The van der Waals surface area contributed by atoms with Crippen LogP contribution in [0.5, 0.6) is 0 Å². The highest BCUT2D eigenvalue weighted by Crippen LogP contribution is 2.22. The van der Waals surface area contributed by atoms with E-state index >= 15 is 0 Å². The van der Waals surface area contributed by atoms with Gasteiger partial charge in [0.2, 0.25) is 0 Å². The van der Waals surface area contributed by atoms with Gasteiger partial charge in [-0.1, -0.05) is 0 Å². The molecule has 0 fully saturated rings. The summed E-state index contributed by atoms with van der Waals surface area (Å²) in [6.07, 6.45) is 3.16. The normalized spacial score (nSPS) is 11.6. The van der Waals surface area contributed by atoms with E-state index in [9.17, 15) is 8.42 Å². The Hall–Kier alpha value is -1.89. The van der Waals surface area contributed by atoms with Crippen molar-refractivity contribution in [1.82, 2.24) is 14.8 Å². The average Bonchev–Trinajstić information content (AvgIpc) is 2.64. The summed E-state index contributed by atoms with van der Waals surface area (Å²) in [5.74, 6) is 0. The molecule has 0 aromatic carbocycles. The Balaban J connectivity index is 2.43. The van der Waals surface area contributed by atoms with Crippen molar-refractivity contribution in [2.75, 3.05) is 4.72 Å². The highest BCUT2D eigenvalue weighted by molar-refractivity contribution is 7.92. The molecular formula is C13H18N4O2S. The van der Waals surface area contributed by atoms with Gasteiger partial charge in [0.05, 0.1) is 23.3 Å². The van der Waals surface area contributed by atoms with E-state index in [1.54, 1.807) is 30.8 Å². The van der Waals surface area contributed by atoms with Crippen molar-refractivity contribution in [1.29, 1.82) is 0 Å². The first kappa shape index (κ1) is 14.5. The van der Waals surface area contributed by atoms with Crippen LogP contribution in [0.3, 0.4) is 0 Å². The molecule has 0 unspecified atom stereocenters. The van der Waals surface area contributed by atoms with E-state index in [1.807, 2.05) is 13.8 Å². The van der Waals surface area contributed by atoms with Crippen molar-refractivity contribution in [2.45, 2.75) is 39.1 Å². The number of sulfonamides is 1. The Morgan fingerprint density at radius 2 is 1.95 bits per heavy atom. The maximum absolute atomic E-state index is 12.5. The molecule has 108 valence electrons. The Bertz CT molecular complexity index is 735. The molecule has 0 saturated carbocycles. The molecular weight excluding hydrogens is 276 g/mol. The minimum Gasteiger partial charge on any atom is -0.278 e. The van der Waals surface area contributed by atoms with Crippen LogP contribution in [0.4, 0.5) is 5.69 Å². The largest absolute Gasteiger partial charge is 0.278 e. The van der Waals surface area contributed by atoms with Crippen molar-refractivity contribution in [3.8, 4) is 0 Å². The van der Waals surface area contributed by atoms with Gasteiger partial charge in [-0.3, -0.25) is 14.4 Å². The predicted molar refractivity (Wildman–Crippen MR) is 77.2 cm³/mol. The van der Waals surface area contributed by atoms with E-state index < -0.39 is 10.0 Å². The molecule has 0 aliphatic carbocycles. The van der Waals surface area contributed by atoms with Gasteiger partial charge in [-0.15, -0.1) is 0 Å². The number of aryl methyl sites for hydroxylation is 3. The second-order valence-corrected chi connectivity index (χ2v) is 6.29. The summed E-state index contributed by atoms with van der Waals surface area (Å²) in [6.45, 7) is 7.87. The molecule has 0 radical (unpaired) electrons. The highest BCUT2D eigenvalue weighted by atomic mass is 32.2. The highest BCUT2D eigenvalue weighted by Gasteiger charge is 2.24.